The SMILES string of the molecule is CCc1ccc(C=C2C(=O)Nc3ncc([N+](=O)[O-])cc32)s1. The summed E-state index contributed by atoms with van der Waals surface area (Å²) >= 11 is 1.60. The standard InChI is InChI=1S/C14H11N3O3S/c1-2-9-3-4-10(21-9)6-12-11-5-8(17(19)20)7-15-13(11)16-14(12)18/h3-7H,2H2,1H3,(H,15,16,18). The Labute approximate surface area is 124 Å². The van der Waals surface area contributed by atoms with E-state index in [1.54, 1.807) is 17.4 Å². The number of amides is 1. The molecule has 0 saturated carbocycles. The number of nitrogens with zero attached hydrogens (tertiary/aromatic N) is 2. The Morgan fingerprint density at radius 1 is 1.48 bits per heavy atom. The monoisotopic (exact) mass is 301 g/mol. The van der Waals surface area contributed by atoms with Crippen molar-refractivity contribution in [3.05, 3.63) is 49.8 Å². The lowest BCUT2D eigenvalue weighted by Gasteiger charge is -1.97. The lowest BCUT2D eigenvalue weighted by atomic mass is 10.1. The summed E-state index contributed by atoms with van der Waals surface area (Å²) in [5.74, 6) is 0.0774. The predicted molar refractivity (Wildman–Crippen MR) is 81.1 cm³/mol. The van der Waals surface area contributed by atoms with Crippen LogP contribution in [0.2, 0.25) is 0 Å². The van der Waals surface area contributed by atoms with Gasteiger partial charge in [-0.1, -0.05) is 6.92 Å². The minimum atomic E-state index is -0.520. The summed E-state index contributed by atoms with van der Waals surface area (Å²) in [7, 11) is 0. The Kier molecular flexibility index (Phi) is 3.26. The van der Waals surface area contributed by atoms with Gasteiger partial charge in [0.25, 0.3) is 11.6 Å². The van der Waals surface area contributed by atoms with Gasteiger partial charge in [0.2, 0.25) is 0 Å². The van der Waals surface area contributed by atoms with Crippen LogP contribution in [0.15, 0.2) is 24.4 Å². The molecule has 3 rings (SSSR count). The van der Waals surface area contributed by atoms with Gasteiger partial charge in [0.05, 0.1) is 10.5 Å². The first-order valence-electron chi connectivity index (χ1n) is 6.35. The predicted octanol–water partition coefficient (Wildman–Crippen LogP) is 3.11. The van der Waals surface area contributed by atoms with E-state index in [1.807, 2.05) is 12.1 Å². The molecule has 0 fully saturated rings. The van der Waals surface area contributed by atoms with Crippen LogP contribution in [0.5, 0.6) is 0 Å². The summed E-state index contributed by atoms with van der Waals surface area (Å²) in [6, 6.07) is 5.32. The van der Waals surface area contributed by atoms with Gasteiger partial charge in [0, 0.05) is 21.4 Å². The van der Waals surface area contributed by atoms with Crippen LogP contribution < -0.4 is 5.32 Å². The highest BCUT2D eigenvalue weighted by molar-refractivity contribution is 7.13. The lowest BCUT2D eigenvalue weighted by molar-refractivity contribution is -0.385. The van der Waals surface area contributed by atoms with E-state index in [1.165, 1.54) is 10.9 Å². The first-order chi connectivity index (χ1) is 10.1. The van der Waals surface area contributed by atoms with Crippen LogP contribution in [0.3, 0.4) is 0 Å². The van der Waals surface area contributed by atoms with Crippen LogP contribution in [-0.2, 0) is 11.2 Å². The molecule has 2 aromatic heterocycles. The Bertz CT molecular complexity index is 780. The van der Waals surface area contributed by atoms with E-state index in [0.717, 1.165) is 17.5 Å². The number of hydrogen-bond donors (Lipinski definition) is 1. The molecule has 1 N–H and O–H groups in total. The molecular formula is C14H11N3O3S. The highest BCUT2D eigenvalue weighted by Gasteiger charge is 2.27. The molecule has 106 valence electrons. The second-order valence-electron chi connectivity index (χ2n) is 4.52. The average Bonchev–Trinajstić information content (AvgIpc) is 3.04. The van der Waals surface area contributed by atoms with E-state index < -0.39 is 4.92 Å². The zero-order valence-corrected chi connectivity index (χ0v) is 11.9. The molecular weight excluding hydrogens is 290 g/mol. The van der Waals surface area contributed by atoms with E-state index in [2.05, 4.69) is 17.2 Å². The smallest absolute Gasteiger partial charge is 0.288 e. The first-order valence-corrected chi connectivity index (χ1v) is 7.16. The summed E-state index contributed by atoms with van der Waals surface area (Å²) in [6.45, 7) is 2.06. The van der Waals surface area contributed by atoms with Crippen LogP contribution in [0.1, 0.15) is 22.2 Å². The topological polar surface area (TPSA) is 85.1 Å². The Balaban J connectivity index is 2.06. The third-order valence-electron chi connectivity index (χ3n) is 3.17. The van der Waals surface area contributed by atoms with Crippen LogP contribution in [0.4, 0.5) is 11.5 Å². The summed E-state index contributed by atoms with van der Waals surface area (Å²) in [5.41, 5.74) is 0.753. The van der Waals surface area contributed by atoms with Crippen molar-refractivity contribution in [3.63, 3.8) is 0 Å². The molecule has 0 radical (unpaired) electrons. The fourth-order valence-corrected chi connectivity index (χ4v) is 3.00. The van der Waals surface area contributed by atoms with Crippen molar-refractivity contribution < 1.29 is 9.72 Å². The zero-order chi connectivity index (χ0) is 15.0. The highest BCUT2D eigenvalue weighted by atomic mass is 32.1. The summed E-state index contributed by atoms with van der Waals surface area (Å²) in [6.07, 6.45) is 3.82. The van der Waals surface area contributed by atoms with Crippen LogP contribution >= 0.6 is 11.3 Å². The maximum atomic E-state index is 12.0. The molecule has 0 aliphatic carbocycles. The molecule has 1 aliphatic rings. The third kappa shape index (κ3) is 2.43. The Hall–Kier alpha value is -2.54. The Morgan fingerprint density at radius 3 is 2.95 bits per heavy atom. The Morgan fingerprint density at radius 2 is 2.29 bits per heavy atom. The number of anilines is 1. The molecule has 1 aliphatic heterocycles. The van der Waals surface area contributed by atoms with E-state index >= 15 is 0 Å². The molecule has 0 aromatic carbocycles. The lowest BCUT2D eigenvalue weighted by Crippen LogP contribution is -2.04. The van der Waals surface area contributed by atoms with Gasteiger partial charge in [0.1, 0.15) is 12.0 Å². The van der Waals surface area contributed by atoms with Crippen molar-refractivity contribution in [3.8, 4) is 0 Å². The van der Waals surface area contributed by atoms with E-state index in [9.17, 15) is 14.9 Å². The third-order valence-corrected chi connectivity index (χ3v) is 4.34. The maximum Gasteiger partial charge on any atom is 0.288 e. The summed E-state index contributed by atoms with van der Waals surface area (Å²) < 4.78 is 0. The molecule has 0 saturated heterocycles. The number of pyridine rings is 1. The van der Waals surface area contributed by atoms with Crippen molar-refractivity contribution in [1.29, 1.82) is 0 Å². The number of hydrogen-bond acceptors (Lipinski definition) is 5. The van der Waals surface area contributed by atoms with Crippen molar-refractivity contribution in [2.24, 2.45) is 0 Å². The normalized spacial score (nSPS) is 15.1. The van der Waals surface area contributed by atoms with E-state index in [4.69, 9.17) is 0 Å². The van der Waals surface area contributed by atoms with Gasteiger partial charge < -0.3 is 5.32 Å². The van der Waals surface area contributed by atoms with Gasteiger partial charge >= 0.3 is 0 Å². The second kappa shape index (κ2) is 5.10. The number of aromatic nitrogens is 1. The minimum absolute atomic E-state index is 0.128. The van der Waals surface area contributed by atoms with Crippen LogP contribution in [0.25, 0.3) is 11.6 Å². The number of carbonyl (C=O) groups excluding carboxylic acids is 1. The maximum absolute atomic E-state index is 12.0. The molecule has 0 spiro atoms. The quantitative estimate of drug-likeness (QED) is 0.536. The van der Waals surface area contributed by atoms with Gasteiger partial charge in [-0.2, -0.15) is 0 Å². The fourth-order valence-electron chi connectivity index (χ4n) is 2.10. The van der Waals surface area contributed by atoms with Gasteiger partial charge in [-0.05, 0) is 24.6 Å². The van der Waals surface area contributed by atoms with E-state index in [0.29, 0.717) is 17.0 Å². The molecule has 6 nitrogen and oxygen atoms in total. The summed E-state index contributed by atoms with van der Waals surface area (Å²) in [4.78, 5) is 28.4. The molecule has 0 bridgehead atoms. The number of aryl methyl sites for hydroxylation is 1. The number of nitro groups is 1. The largest absolute Gasteiger partial charge is 0.306 e. The van der Waals surface area contributed by atoms with Crippen molar-refractivity contribution in [2.75, 3.05) is 5.32 Å². The molecule has 2 aromatic rings. The molecule has 0 atom stereocenters. The first kappa shape index (κ1) is 13.4. The van der Waals surface area contributed by atoms with Gasteiger partial charge in [-0.3, -0.25) is 14.9 Å². The van der Waals surface area contributed by atoms with Crippen LogP contribution in [-0.4, -0.2) is 15.8 Å². The molecule has 3 heterocycles. The van der Waals surface area contributed by atoms with Crippen molar-refractivity contribution >= 4 is 40.4 Å². The second-order valence-corrected chi connectivity index (χ2v) is 5.72. The molecule has 0 unspecified atom stereocenters. The number of rotatable bonds is 3. The molecule has 21 heavy (non-hydrogen) atoms. The minimum Gasteiger partial charge on any atom is -0.306 e. The highest BCUT2D eigenvalue weighted by Crippen LogP contribution is 2.34. The van der Waals surface area contributed by atoms with Crippen molar-refractivity contribution in [1.82, 2.24) is 4.98 Å². The molecule has 1 amide bonds. The number of fused-ring (bicyclic) bond motifs is 1. The number of carbonyl (C=O) groups is 1. The van der Waals surface area contributed by atoms with Crippen molar-refractivity contribution in [2.45, 2.75) is 13.3 Å². The van der Waals surface area contributed by atoms with Crippen LogP contribution in [0, 0.1) is 10.1 Å². The van der Waals surface area contributed by atoms with Gasteiger partial charge in [-0.25, -0.2) is 4.98 Å². The fraction of sp³-hybridized carbons (Fsp3) is 0.143. The van der Waals surface area contributed by atoms with Gasteiger partial charge in [0.15, 0.2) is 0 Å². The number of thiophene rings is 1. The number of nitrogens with one attached hydrogen (secondary N) is 1. The molecule has 7 heteroatoms. The van der Waals surface area contributed by atoms with Gasteiger partial charge in [-0.15, -0.1) is 11.3 Å². The van der Waals surface area contributed by atoms with E-state index in [-0.39, 0.29) is 11.6 Å². The summed E-state index contributed by atoms with van der Waals surface area (Å²) in [5, 5.41) is 13.5. The zero-order valence-electron chi connectivity index (χ0n) is 11.1. The average molecular weight is 301 g/mol.